The second-order valence-corrected chi connectivity index (χ2v) is 8.60. The lowest BCUT2D eigenvalue weighted by Crippen LogP contribution is -2.38. The summed E-state index contributed by atoms with van der Waals surface area (Å²) in [6, 6.07) is 17.8. The van der Waals surface area contributed by atoms with Crippen LogP contribution in [-0.2, 0) is 17.9 Å². The van der Waals surface area contributed by atoms with Crippen molar-refractivity contribution in [3.8, 4) is 22.8 Å². The molecule has 0 spiro atoms. The van der Waals surface area contributed by atoms with Gasteiger partial charge in [0.25, 0.3) is 0 Å². The molecule has 32 heavy (non-hydrogen) atoms. The molecule has 7 heteroatoms. The van der Waals surface area contributed by atoms with E-state index in [9.17, 15) is 10.2 Å². The Hall–Kier alpha value is -2.87. The van der Waals surface area contributed by atoms with Gasteiger partial charge in [-0.15, -0.1) is 0 Å². The van der Waals surface area contributed by atoms with Gasteiger partial charge in [0.2, 0.25) is 0 Å². The molecule has 3 aromatic rings. The summed E-state index contributed by atoms with van der Waals surface area (Å²) in [5, 5.41) is 23.8. The van der Waals surface area contributed by atoms with E-state index < -0.39 is 11.9 Å². The van der Waals surface area contributed by atoms with Crippen molar-refractivity contribution in [1.82, 2.24) is 9.78 Å². The van der Waals surface area contributed by atoms with Gasteiger partial charge in [0.15, 0.2) is 6.29 Å². The topological polar surface area (TPSA) is 86.0 Å². The highest BCUT2D eigenvalue weighted by atomic mass is 16.6. The molecule has 0 amide bonds. The Kier molecular flexibility index (Phi) is 6.50. The summed E-state index contributed by atoms with van der Waals surface area (Å²) in [5.74, 6) is 1.64. The zero-order chi connectivity index (χ0) is 22.7. The number of aromatic nitrogens is 2. The fourth-order valence-corrected chi connectivity index (χ4v) is 3.29. The van der Waals surface area contributed by atoms with E-state index in [1.54, 1.807) is 21.0 Å². The maximum Gasteiger partial charge on any atom is 0.180 e. The number of ether oxygens (including phenoxy) is 3. The molecular formula is C25H30N2O5. The summed E-state index contributed by atoms with van der Waals surface area (Å²) in [6.07, 6.45) is 0.912. The Morgan fingerprint density at radius 2 is 1.88 bits per heavy atom. The van der Waals surface area contributed by atoms with Gasteiger partial charge in [-0.05, 0) is 51.0 Å². The summed E-state index contributed by atoms with van der Waals surface area (Å²) >= 11 is 0. The average Bonchev–Trinajstić information content (AvgIpc) is 3.51. The quantitative estimate of drug-likeness (QED) is 0.469. The van der Waals surface area contributed by atoms with Gasteiger partial charge in [0, 0.05) is 11.1 Å². The number of aliphatic hydroxyl groups is 2. The highest BCUT2D eigenvalue weighted by molar-refractivity contribution is 5.62. The number of methoxy groups -OCH3 is 1. The normalized spacial score (nSPS) is 14.1. The molecule has 7 nitrogen and oxygen atoms in total. The number of benzene rings is 2. The SMILES string of the molecule is COc1cccc(-c2cc(COC(C)(C)C(O)O)nn2Cc2ccccc2OC2CC2)c1. The molecule has 0 radical (unpaired) electrons. The minimum atomic E-state index is -1.59. The van der Waals surface area contributed by atoms with Gasteiger partial charge < -0.3 is 24.4 Å². The van der Waals surface area contributed by atoms with Crippen LogP contribution in [0.25, 0.3) is 11.3 Å². The van der Waals surface area contributed by atoms with Gasteiger partial charge in [-0.1, -0.05) is 30.3 Å². The lowest BCUT2D eigenvalue weighted by Gasteiger charge is -2.26. The van der Waals surface area contributed by atoms with Crippen LogP contribution in [0.2, 0.25) is 0 Å². The molecule has 0 unspecified atom stereocenters. The van der Waals surface area contributed by atoms with Crippen molar-refractivity contribution in [3.05, 3.63) is 65.9 Å². The van der Waals surface area contributed by atoms with Crippen molar-refractivity contribution in [2.24, 2.45) is 0 Å². The molecule has 0 saturated heterocycles. The van der Waals surface area contributed by atoms with Crippen LogP contribution in [0.3, 0.4) is 0 Å². The first-order valence-corrected chi connectivity index (χ1v) is 10.8. The van der Waals surface area contributed by atoms with Crippen molar-refractivity contribution in [1.29, 1.82) is 0 Å². The first kappa shape index (κ1) is 22.3. The summed E-state index contributed by atoms with van der Waals surface area (Å²) in [5.41, 5.74) is 2.50. The lowest BCUT2D eigenvalue weighted by atomic mass is 10.1. The Bertz CT molecular complexity index is 1060. The van der Waals surface area contributed by atoms with E-state index in [1.165, 1.54) is 0 Å². The highest BCUT2D eigenvalue weighted by Gasteiger charge is 2.28. The predicted octanol–water partition coefficient (Wildman–Crippen LogP) is 3.75. The standard InChI is InChI=1S/C25H30N2O5/c1-25(2,24(28)29)31-16-19-14-22(17-8-6-9-21(13-17)30-3)27(26-19)15-18-7-4-5-10-23(18)32-20-11-12-20/h4-10,13-14,20,24,28-29H,11-12,15-16H2,1-3H3. The minimum absolute atomic E-state index is 0.148. The van der Waals surface area contributed by atoms with E-state index in [0.29, 0.717) is 18.3 Å². The summed E-state index contributed by atoms with van der Waals surface area (Å²) in [7, 11) is 1.64. The summed E-state index contributed by atoms with van der Waals surface area (Å²) in [4.78, 5) is 0. The fourth-order valence-electron chi connectivity index (χ4n) is 3.29. The molecule has 0 aliphatic heterocycles. The van der Waals surface area contributed by atoms with Crippen LogP contribution in [0.4, 0.5) is 0 Å². The van der Waals surface area contributed by atoms with Gasteiger partial charge in [-0.2, -0.15) is 5.10 Å². The third-order valence-electron chi connectivity index (χ3n) is 5.52. The van der Waals surface area contributed by atoms with E-state index in [-0.39, 0.29) is 6.61 Å². The van der Waals surface area contributed by atoms with Crippen LogP contribution in [0.5, 0.6) is 11.5 Å². The molecule has 1 saturated carbocycles. The molecular weight excluding hydrogens is 408 g/mol. The van der Waals surface area contributed by atoms with E-state index in [4.69, 9.17) is 19.3 Å². The monoisotopic (exact) mass is 438 g/mol. The van der Waals surface area contributed by atoms with Crippen molar-refractivity contribution in [2.45, 2.75) is 57.8 Å². The molecule has 2 aromatic carbocycles. The zero-order valence-corrected chi connectivity index (χ0v) is 18.7. The Labute approximate surface area is 188 Å². The van der Waals surface area contributed by atoms with E-state index >= 15 is 0 Å². The van der Waals surface area contributed by atoms with Crippen molar-refractivity contribution in [3.63, 3.8) is 0 Å². The Morgan fingerprint density at radius 3 is 2.59 bits per heavy atom. The second-order valence-electron chi connectivity index (χ2n) is 8.60. The number of para-hydroxylation sites is 1. The number of nitrogens with zero attached hydrogens (tertiary/aromatic N) is 2. The molecule has 1 aromatic heterocycles. The number of aliphatic hydroxyl groups excluding tert-OH is 1. The van der Waals surface area contributed by atoms with Crippen LogP contribution >= 0.6 is 0 Å². The van der Waals surface area contributed by atoms with Gasteiger partial charge in [0.05, 0.1) is 37.8 Å². The van der Waals surface area contributed by atoms with Crippen LogP contribution in [0.15, 0.2) is 54.6 Å². The van der Waals surface area contributed by atoms with Gasteiger partial charge in [0.1, 0.15) is 17.1 Å². The largest absolute Gasteiger partial charge is 0.497 e. The first-order chi connectivity index (χ1) is 15.4. The Morgan fingerprint density at radius 1 is 1.09 bits per heavy atom. The van der Waals surface area contributed by atoms with Crippen molar-refractivity contribution < 1.29 is 24.4 Å². The molecule has 1 aliphatic carbocycles. The molecule has 170 valence electrons. The average molecular weight is 439 g/mol. The van der Waals surface area contributed by atoms with E-state index in [2.05, 4.69) is 6.07 Å². The molecule has 2 N–H and O–H groups in total. The lowest BCUT2D eigenvalue weighted by molar-refractivity contribution is -0.197. The first-order valence-electron chi connectivity index (χ1n) is 10.8. The Balaban J connectivity index is 1.66. The summed E-state index contributed by atoms with van der Waals surface area (Å²) < 4.78 is 19.2. The highest BCUT2D eigenvalue weighted by Crippen LogP contribution is 2.31. The molecule has 4 rings (SSSR count). The van der Waals surface area contributed by atoms with Crippen LogP contribution in [0.1, 0.15) is 37.9 Å². The summed E-state index contributed by atoms with van der Waals surface area (Å²) in [6.45, 7) is 3.93. The smallest absolute Gasteiger partial charge is 0.180 e. The van der Waals surface area contributed by atoms with Gasteiger partial charge >= 0.3 is 0 Å². The second kappa shape index (κ2) is 9.32. The van der Waals surface area contributed by atoms with Gasteiger partial charge in [-0.3, -0.25) is 4.68 Å². The van der Waals surface area contributed by atoms with E-state index in [1.807, 2.05) is 53.2 Å². The zero-order valence-electron chi connectivity index (χ0n) is 18.7. The third kappa shape index (κ3) is 5.30. The third-order valence-corrected chi connectivity index (χ3v) is 5.52. The van der Waals surface area contributed by atoms with Crippen LogP contribution < -0.4 is 9.47 Å². The van der Waals surface area contributed by atoms with Crippen LogP contribution in [-0.4, -0.2) is 45.1 Å². The predicted molar refractivity (Wildman–Crippen MR) is 121 cm³/mol. The fraction of sp³-hybridized carbons (Fsp3) is 0.400. The molecule has 1 fully saturated rings. The maximum absolute atomic E-state index is 9.53. The van der Waals surface area contributed by atoms with Crippen LogP contribution in [0, 0.1) is 0 Å². The van der Waals surface area contributed by atoms with Gasteiger partial charge in [-0.25, -0.2) is 0 Å². The molecule has 0 atom stereocenters. The maximum atomic E-state index is 9.53. The molecule has 0 bridgehead atoms. The molecule has 1 heterocycles. The van der Waals surface area contributed by atoms with Crippen molar-refractivity contribution >= 4 is 0 Å². The number of hydrogen-bond donors (Lipinski definition) is 2. The number of hydrogen-bond acceptors (Lipinski definition) is 6. The van der Waals surface area contributed by atoms with Crippen molar-refractivity contribution in [2.75, 3.05) is 7.11 Å². The molecule has 1 aliphatic rings. The minimum Gasteiger partial charge on any atom is -0.497 e. The number of rotatable bonds is 10. The van der Waals surface area contributed by atoms with E-state index in [0.717, 1.165) is 41.2 Å².